The first-order valence-electron chi connectivity index (χ1n) is 4.70. The van der Waals surface area contributed by atoms with E-state index >= 15 is 0 Å². The van der Waals surface area contributed by atoms with Crippen LogP contribution in [0.15, 0.2) is 28.7 Å². The molecule has 0 fully saturated rings. The zero-order chi connectivity index (χ0) is 9.68. The molecule has 1 nitrogen and oxygen atoms in total. The summed E-state index contributed by atoms with van der Waals surface area (Å²) in [6.07, 6.45) is 1.17. The van der Waals surface area contributed by atoms with Gasteiger partial charge in [-0.2, -0.15) is 0 Å². The molecule has 1 aromatic carbocycles. The Hall–Kier alpha value is -0.340. The molecule has 1 unspecified atom stereocenters. The average molecular weight is 242 g/mol. The summed E-state index contributed by atoms with van der Waals surface area (Å²) in [6.45, 7) is 5.35. The monoisotopic (exact) mass is 241 g/mol. The van der Waals surface area contributed by atoms with Crippen LogP contribution in [0, 0.1) is 0 Å². The second-order valence-corrected chi connectivity index (χ2v) is 4.24. The molecule has 0 amide bonds. The normalized spacial score (nSPS) is 12.8. The van der Waals surface area contributed by atoms with Crippen LogP contribution in [0.2, 0.25) is 0 Å². The van der Waals surface area contributed by atoms with Gasteiger partial charge in [0.1, 0.15) is 0 Å². The minimum absolute atomic E-state index is 0.596. The first-order valence-corrected chi connectivity index (χ1v) is 5.49. The van der Waals surface area contributed by atoms with Gasteiger partial charge in [-0.3, -0.25) is 0 Å². The highest BCUT2D eigenvalue weighted by molar-refractivity contribution is 9.10. The molecule has 0 aliphatic carbocycles. The molecular weight excluding hydrogens is 226 g/mol. The Morgan fingerprint density at radius 2 is 2.23 bits per heavy atom. The van der Waals surface area contributed by atoms with Crippen molar-refractivity contribution >= 4 is 15.9 Å². The lowest BCUT2D eigenvalue weighted by Gasteiger charge is -2.10. The van der Waals surface area contributed by atoms with Crippen molar-refractivity contribution in [2.24, 2.45) is 0 Å². The van der Waals surface area contributed by atoms with Gasteiger partial charge in [0.2, 0.25) is 0 Å². The highest BCUT2D eigenvalue weighted by Crippen LogP contribution is 2.11. The molecular formula is C11H16BrN. The van der Waals surface area contributed by atoms with Crippen LogP contribution in [-0.2, 0) is 6.54 Å². The van der Waals surface area contributed by atoms with Crippen LogP contribution < -0.4 is 5.32 Å². The summed E-state index contributed by atoms with van der Waals surface area (Å²) >= 11 is 3.46. The van der Waals surface area contributed by atoms with Crippen molar-refractivity contribution in [3.05, 3.63) is 34.3 Å². The lowest BCUT2D eigenvalue weighted by Crippen LogP contribution is -2.24. The Labute approximate surface area is 88.7 Å². The Morgan fingerprint density at radius 1 is 1.46 bits per heavy atom. The Bertz CT molecular complexity index is 260. The van der Waals surface area contributed by atoms with Crippen LogP contribution in [-0.4, -0.2) is 6.04 Å². The van der Waals surface area contributed by atoms with E-state index in [1.807, 2.05) is 6.07 Å². The van der Waals surface area contributed by atoms with E-state index in [-0.39, 0.29) is 0 Å². The second kappa shape index (κ2) is 5.40. The van der Waals surface area contributed by atoms with E-state index in [0.29, 0.717) is 6.04 Å². The molecule has 0 aliphatic rings. The van der Waals surface area contributed by atoms with Gasteiger partial charge in [-0.15, -0.1) is 0 Å². The van der Waals surface area contributed by atoms with Crippen molar-refractivity contribution in [2.45, 2.75) is 32.9 Å². The van der Waals surface area contributed by atoms with E-state index in [9.17, 15) is 0 Å². The number of benzene rings is 1. The number of halogens is 1. The van der Waals surface area contributed by atoms with Gasteiger partial charge < -0.3 is 5.32 Å². The van der Waals surface area contributed by atoms with Crippen molar-refractivity contribution in [1.82, 2.24) is 5.32 Å². The first kappa shape index (κ1) is 10.7. The smallest absolute Gasteiger partial charge is 0.0208 e. The third kappa shape index (κ3) is 3.92. The van der Waals surface area contributed by atoms with E-state index in [1.165, 1.54) is 12.0 Å². The largest absolute Gasteiger partial charge is 0.310 e. The summed E-state index contributed by atoms with van der Waals surface area (Å²) < 4.78 is 1.15. The molecule has 0 saturated heterocycles. The fraction of sp³-hybridized carbons (Fsp3) is 0.455. The van der Waals surface area contributed by atoms with Gasteiger partial charge in [-0.05, 0) is 31.0 Å². The Morgan fingerprint density at radius 3 is 2.85 bits per heavy atom. The van der Waals surface area contributed by atoms with Gasteiger partial charge in [0.15, 0.2) is 0 Å². The zero-order valence-electron chi connectivity index (χ0n) is 8.18. The Balaban J connectivity index is 2.45. The van der Waals surface area contributed by atoms with Gasteiger partial charge in [0, 0.05) is 17.1 Å². The summed E-state index contributed by atoms with van der Waals surface area (Å²) in [5.74, 6) is 0. The SMILES string of the molecule is CCC(C)NCc1cccc(Br)c1. The highest BCUT2D eigenvalue weighted by atomic mass is 79.9. The topological polar surface area (TPSA) is 12.0 Å². The van der Waals surface area contributed by atoms with Crippen molar-refractivity contribution in [3.63, 3.8) is 0 Å². The molecule has 0 radical (unpaired) electrons. The van der Waals surface area contributed by atoms with Crippen LogP contribution in [0.5, 0.6) is 0 Å². The third-order valence-electron chi connectivity index (χ3n) is 2.16. The van der Waals surface area contributed by atoms with E-state index in [0.717, 1.165) is 11.0 Å². The van der Waals surface area contributed by atoms with Crippen molar-refractivity contribution < 1.29 is 0 Å². The molecule has 1 aromatic rings. The lowest BCUT2D eigenvalue weighted by molar-refractivity contribution is 0.534. The predicted molar refractivity (Wildman–Crippen MR) is 60.7 cm³/mol. The number of rotatable bonds is 4. The molecule has 1 atom stereocenters. The van der Waals surface area contributed by atoms with E-state index in [4.69, 9.17) is 0 Å². The van der Waals surface area contributed by atoms with Crippen LogP contribution in [0.1, 0.15) is 25.8 Å². The summed E-state index contributed by atoms with van der Waals surface area (Å²) in [5, 5.41) is 3.45. The molecule has 0 heterocycles. The first-order chi connectivity index (χ1) is 6.22. The maximum absolute atomic E-state index is 3.46. The van der Waals surface area contributed by atoms with Gasteiger partial charge in [0.05, 0.1) is 0 Å². The van der Waals surface area contributed by atoms with Crippen LogP contribution in [0.3, 0.4) is 0 Å². The quantitative estimate of drug-likeness (QED) is 0.853. The average Bonchev–Trinajstić information content (AvgIpc) is 2.14. The maximum Gasteiger partial charge on any atom is 0.0208 e. The molecule has 0 aliphatic heterocycles. The highest BCUT2D eigenvalue weighted by Gasteiger charge is 1.97. The van der Waals surface area contributed by atoms with Crippen LogP contribution >= 0.6 is 15.9 Å². The van der Waals surface area contributed by atoms with Gasteiger partial charge >= 0.3 is 0 Å². The number of hydrogen-bond donors (Lipinski definition) is 1. The molecule has 1 rings (SSSR count). The van der Waals surface area contributed by atoms with Crippen molar-refractivity contribution in [1.29, 1.82) is 0 Å². The molecule has 0 bridgehead atoms. The third-order valence-corrected chi connectivity index (χ3v) is 2.65. The fourth-order valence-corrected chi connectivity index (χ4v) is 1.53. The fourth-order valence-electron chi connectivity index (χ4n) is 1.08. The van der Waals surface area contributed by atoms with Crippen molar-refractivity contribution in [2.75, 3.05) is 0 Å². The molecule has 0 aromatic heterocycles. The molecule has 0 spiro atoms. The molecule has 13 heavy (non-hydrogen) atoms. The van der Waals surface area contributed by atoms with Gasteiger partial charge in [-0.25, -0.2) is 0 Å². The number of nitrogens with one attached hydrogen (secondary N) is 1. The molecule has 1 N–H and O–H groups in total. The summed E-state index contributed by atoms with van der Waals surface area (Å²) in [5.41, 5.74) is 1.33. The summed E-state index contributed by atoms with van der Waals surface area (Å²) in [4.78, 5) is 0. The van der Waals surface area contributed by atoms with Crippen molar-refractivity contribution in [3.8, 4) is 0 Å². The lowest BCUT2D eigenvalue weighted by atomic mass is 10.2. The molecule has 72 valence electrons. The Kier molecular flexibility index (Phi) is 4.46. The summed E-state index contributed by atoms with van der Waals surface area (Å²) in [7, 11) is 0. The van der Waals surface area contributed by atoms with Gasteiger partial charge in [-0.1, -0.05) is 35.0 Å². The summed E-state index contributed by atoms with van der Waals surface area (Å²) in [6, 6.07) is 9.00. The van der Waals surface area contributed by atoms with Crippen LogP contribution in [0.25, 0.3) is 0 Å². The number of hydrogen-bond acceptors (Lipinski definition) is 1. The van der Waals surface area contributed by atoms with E-state index in [2.05, 4.69) is 53.3 Å². The van der Waals surface area contributed by atoms with E-state index in [1.54, 1.807) is 0 Å². The zero-order valence-corrected chi connectivity index (χ0v) is 9.76. The molecule has 0 saturated carbocycles. The standard InChI is InChI=1S/C11H16BrN/c1-3-9(2)13-8-10-5-4-6-11(12)7-10/h4-7,9,13H,3,8H2,1-2H3. The van der Waals surface area contributed by atoms with Gasteiger partial charge in [0.25, 0.3) is 0 Å². The molecule has 2 heteroatoms. The maximum atomic E-state index is 3.46. The second-order valence-electron chi connectivity index (χ2n) is 3.32. The van der Waals surface area contributed by atoms with Crippen LogP contribution in [0.4, 0.5) is 0 Å². The minimum atomic E-state index is 0.596. The van der Waals surface area contributed by atoms with E-state index < -0.39 is 0 Å². The minimum Gasteiger partial charge on any atom is -0.310 e. The predicted octanol–water partition coefficient (Wildman–Crippen LogP) is 3.34.